The van der Waals surface area contributed by atoms with Crippen LogP contribution < -0.4 is 5.32 Å². The van der Waals surface area contributed by atoms with E-state index >= 15 is 0 Å². The van der Waals surface area contributed by atoms with Crippen molar-refractivity contribution in [3.63, 3.8) is 0 Å². The van der Waals surface area contributed by atoms with Crippen LogP contribution in [0.25, 0.3) is 0 Å². The summed E-state index contributed by atoms with van der Waals surface area (Å²) in [6.45, 7) is 1.11. The predicted molar refractivity (Wildman–Crippen MR) is 64.2 cm³/mol. The summed E-state index contributed by atoms with van der Waals surface area (Å²) in [4.78, 5) is 13.3. The average molecular weight is 240 g/mol. The van der Waals surface area contributed by atoms with E-state index in [2.05, 4.69) is 5.32 Å². The van der Waals surface area contributed by atoms with E-state index in [4.69, 9.17) is 5.11 Å². The molecule has 94 valence electrons. The van der Waals surface area contributed by atoms with E-state index in [1.54, 1.807) is 12.1 Å². The Morgan fingerprint density at radius 1 is 1.41 bits per heavy atom. The van der Waals surface area contributed by atoms with Crippen LogP contribution in [0.5, 0.6) is 0 Å². The quantitative estimate of drug-likeness (QED) is 0.782. The summed E-state index contributed by atoms with van der Waals surface area (Å²) >= 11 is 0. The van der Waals surface area contributed by atoms with Crippen LogP contribution in [0.1, 0.15) is 6.42 Å². The van der Waals surface area contributed by atoms with E-state index in [-0.39, 0.29) is 24.6 Å². The van der Waals surface area contributed by atoms with E-state index < -0.39 is 5.82 Å². The zero-order valence-electron chi connectivity index (χ0n) is 9.82. The topological polar surface area (TPSA) is 52.6 Å². The molecule has 0 spiro atoms. The number of benzene rings is 1. The van der Waals surface area contributed by atoms with E-state index in [1.165, 1.54) is 12.1 Å². The Labute approximate surface area is 100 Å². The lowest BCUT2D eigenvalue weighted by atomic mass is 10.3. The number of anilines is 1. The van der Waals surface area contributed by atoms with Gasteiger partial charge in [0, 0.05) is 19.5 Å². The molecular weight excluding hydrogens is 223 g/mol. The van der Waals surface area contributed by atoms with Gasteiger partial charge in [0.05, 0.1) is 12.3 Å². The average Bonchev–Trinajstić information content (AvgIpc) is 2.30. The van der Waals surface area contributed by atoms with Gasteiger partial charge >= 0.3 is 0 Å². The Morgan fingerprint density at radius 2 is 2.12 bits per heavy atom. The minimum atomic E-state index is -0.440. The second-order valence-electron chi connectivity index (χ2n) is 3.80. The van der Waals surface area contributed by atoms with Crippen LogP contribution >= 0.6 is 0 Å². The Morgan fingerprint density at radius 3 is 2.76 bits per heavy atom. The molecule has 0 fully saturated rings. The molecule has 0 saturated carbocycles. The van der Waals surface area contributed by atoms with Gasteiger partial charge in [0.25, 0.3) is 0 Å². The lowest BCUT2D eigenvalue weighted by Crippen LogP contribution is -2.26. The van der Waals surface area contributed by atoms with Gasteiger partial charge in [-0.2, -0.15) is 0 Å². The molecule has 1 aromatic carbocycles. The summed E-state index contributed by atoms with van der Waals surface area (Å²) in [5.41, 5.74) is 0.197. The van der Waals surface area contributed by atoms with Gasteiger partial charge in [0.2, 0.25) is 5.91 Å². The van der Waals surface area contributed by atoms with Crippen molar-refractivity contribution < 1.29 is 14.3 Å². The first-order chi connectivity index (χ1) is 8.13. The largest absolute Gasteiger partial charge is 0.395 e. The third-order valence-corrected chi connectivity index (χ3v) is 2.35. The first kappa shape index (κ1) is 13.6. The molecule has 0 heterocycles. The lowest BCUT2D eigenvalue weighted by Gasteiger charge is -2.14. The van der Waals surface area contributed by atoms with E-state index in [0.29, 0.717) is 13.1 Å². The van der Waals surface area contributed by atoms with E-state index in [0.717, 1.165) is 0 Å². The molecule has 0 aliphatic rings. The maximum atomic E-state index is 13.2. The van der Waals surface area contributed by atoms with Gasteiger partial charge in [0.15, 0.2) is 0 Å². The number of amides is 1. The third-order valence-electron chi connectivity index (χ3n) is 2.35. The third kappa shape index (κ3) is 4.93. The fraction of sp³-hybridized carbons (Fsp3) is 0.417. The summed E-state index contributed by atoms with van der Waals surface area (Å²) in [6, 6.07) is 6.05. The highest BCUT2D eigenvalue weighted by Crippen LogP contribution is 2.12. The molecule has 0 bridgehead atoms. The smallest absolute Gasteiger partial charge is 0.225 e. The maximum Gasteiger partial charge on any atom is 0.225 e. The van der Waals surface area contributed by atoms with Gasteiger partial charge in [-0.1, -0.05) is 12.1 Å². The number of carbonyl (C=O) groups excluding carboxylic acids is 1. The molecule has 0 radical (unpaired) electrons. The number of aliphatic hydroxyl groups is 1. The fourth-order valence-corrected chi connectivity index (χ4v) is 1.35. The molecule has 1 rings (SSSR count). The Hall–Kier alpha value is -1.46. The van der Waals surface area contributed by atoms with Gasteiger partial charge in [-0.3, -0.25) is 4.79 Å². The number of aliphatic hydroxyl groups excluding tert-OH is 1. The molecule has 0 unspecified atom stereocenters. The molecule has 5 heteroatoms. The molecule has 0 aromatic heterocycles. The molecule has 1 amide bonds. The normalized spacial score (nSPS) is 10.6. The highest BCUT2D eigenvalue weighted by molar-refractivity contribution is 5.90. The number of para-hydroxylation sites is 1. The van der Waals surface area contributed by atoms with Crippen molar-refractivity contribution in [1.82, 2.24) is 4.90 Å². The van der Waals surface area contributed by atoms with E-state index in [1.807, 2.05) is 11.9 Å². The molecule has 0 atom stereocenters. The monoisotopic (exact) mass is 240 g/mol. The van der Waals surface area contributed by atoms with Gasteiger partial charge in [0.1, 0.15) is 5.82 Å². The van der Waals surface area contributed by atoms with Crippen molar-refractivity contribution in [2.75, 3.05) is 32.1 Å². The SMILES string of the molecule is CN(CCO)CCC(=O)Nc1ccccc1F. The number of nitrogens with zero attached hydrogens (tertiary/aromatic N) is 1. The maximum absolute atomic E-state index is 13.2. The summed E-state index contributed by atoms with van der Waals surface area (Å²) in [6.07, 6.45) is 0.269. The standard InChI is InChI=1S/C12H17FN2O2/c1-15(8-9-16)7-6-12(17)14-11-5-3-2-4-10(11)13/h2-5,16H,6-9H2,1H3,(H,14,17). The molecular formula is C12H17FN2O2. The summed E-state index contributed by atoms with van der Waals surface area (Å²) in [5, 5.41) is 11.2. The number of rotatable bonds is 6. The summed E-state index contributed by atoms with van der Waals surface area (Å²) in [7, 11) is 1.81. The van der Waals surface area contributed by atoms with Gasteiger partial charge in [-0.25, -0.2) is 4.39 Å². The van der Waals surface area contributed by atoms with Crippen LogP contribution in [-0.2, 0) is 4.79 Å². The zero-order valence-corrected chi connectivity index (χ0v) is 9.82. The number of halogens is 1. The molecule has 17 heavy (non-hydrogen) atoms. The second kappa shape index (κ2) is 6.98. The van der Waals surface area contributed by atoms with Gasteiger partial charge in [-0.15, -0.1) is 0 Å². The predicted octanol–water partition coefficient (Wildman–Crippen LogP) is 1.08. The van der Waals surface area contributed by atoms with Crippen molar-refractivity contribution in [2.24, 2.45) is 0 Å². The minimum Gasteiger partial charge on any atom is -0.395 e. The summed E-state index contributed by atoms with van der Waals surface area (Å²) < 4.78 is 13.2. The van der Waals surface area contributed by atoms with Crippen LogP contribution in [0.3, 0.4) is 0 Å². The number of nitrogens with one attached hydrogen (secondary N) is 1. The van der Waals surface area contributed by atoms with Gasteiger partial charge < -0.3 is 15.3 Å². The van der Waals surface area contributed by atoms with Crippen LogP contribution in [0.4, 0.5) is 10.1 Å². The van der Waals surface area contributed by atoms with Crippen LogP contribution in [0.2, 0.25) is 0 Å². The van der Waals surface area contributed by atoms with Crippen molar-refractivity contribution >= 4 is 11.6 Å². The number of hydrogen-bond acceptors (Lipinski definition) is 3. The molecule has 0 aliphatic heterocycles. The Balaban J connectivity index is 2.37. The van der Waals surface area contributed by atoms with Crippen molar-refractivity contribution in [1.29, 1.82) is 0 Å². The highest BCUT2D eigenvalue weighted by atomic mass is 19.1. The summed E-state index contributed by atoms with van der Waals surface area (Å²) in [5.74, 6) is -0.676. The van der Waals surface area contributed by atoms with Crippen LogP contribution in [0.15, 0.2) is 24.3 Å². The molecule has 0 aliphatic carbocycles. The number of hydrogen-bond donors (Lipinski definition) is 2. The molecule has 0 saturated heterocycles. The highest BCUT2D eigenvalue weighted by Gasteiger charge is 2.07. The number of carbonyl (C=O) groups is 1. The minimum absolute atomic E-state index is 0.0609. The zero-order chi connectivity index (χ0) is 12.7. The van der Waals surface area contributed by atoms with Crippen molar-refractivity contribution in [2.45, 2.75) is 6.42 Å². The molecule has 2 N–H and O–H groups in total. The Bertz CT molecular complexity index is 371. The molecule has 4 nitrogen and oxygen atoms in total. The fourth-order valence-electron chi connectivity index (χ4n) is 1.35. The number of likely N-dealkylation sites (N-methyl/N-ethyl adjacent to an activating group) is 1. The second-order valence-corrected chi connectivity index (χ2v) is 3.80. The van der Waals surface area contributed by atoms with Crippen LogP contribution in [0, 0.1) is 5.82 Å². The lowest BCUT2D eigenvalue weighted by molar-refractivity contribution is -0.116. The van der Waals surface area contributed by atoms with E-state index in [9.17, 15) is 9.18 Å². The first-order valence-corrected chi connectivity index (χ1v) is 5.47. The van der Waals surface area contributed by atoms with Crippen molar-refractivity contribution in [3.05, 3.63) is 30.1 Å². The van der Waals surface area contributed by atoms with Gasteiger partial charge in [-0.05, 0) is 19.2 Å². The van der Waals surface area contributed by atoms with Crippen molar-refractivity contribution in [3.8, 4) is 0 Å². The van der Waals surface area contributed by atoms with Crippen LogP contribution in [-0.4, -0.2) is 42.7 Å². The first-order valence-electron chi connectivity index (χ1n) is 5.47. The molecule has 1 aromatic rings. The Kier molecular flexibility index (Phi) is 5.59.